The summed E-state index contributed by atoms with van der Waals surface area (Å²) in [5.41, 5.74) is 1.03. The Morgan fingerprint density at radius 2 is 2.00 bits per heavy atom. The number of benzene rings is 1. The van der Waals surface area contributed by atoms with Gasteiger partial charge in [-0.15, -0.1) is 0 Å². The van der Waals surface area contributed by atoms with Gasteiger partial charge in [-0.3, -0.25) is 9.89 Å². The lowest BCUT2D eigenvalue weighted by Crippen LogP contribution is -2.40. The molecule has 5 heteroatoms. The molecule has 1 amide bonds. The van der Waals surface area contributed by atoms with Gasteiger partial charge in [0.05, 0.1) is 17.3 Å². The fraction of sp³-hybridized carbons (Fsp3) is 0.231. The topological polar surface area (TPSA) is 57.8 Å². The summed E-state index contributed by atoms with van der Waals surface area (Å²) in [5.74, 6) is -0.163. The van der Waals surface area contributed by atoms with E-state index in [2.05, 4.69) is 15.5 Å². The van der Waals surface area contributed by atoms with E-state index in [1.807, 2.05) is 38.1 Å². The van der Waals surface area contributed by atoms with Crippen molar-refractivity contribution >= 4 is 17.5 Å². The van der Waals surface area contributed by atoms with Crippen molar-refractivity contribution < 1.29 is 4.79 Å². The van der Waals surface area contributed by atoms with Crippen LogP contribution < -0.4 is 5.32 Å². The average Bonchev–Trinajstić information content (AvgIpc) is 2.82. The summed E-state index contributed by atoms with van der Waals surface area (Å²) >= 11 is 5.85. The largest absolute Gasteiger partial charge is 0.343 e. The van der Waals surface area contributed by atoms with E-state index in [-0.39, 0.29) is 5.91 Å². The Hall–Kier alpha value is -1.81. The summed E-state index contributed by atoms with van der Waals surface area (Å²) in [6.45, 7) is 3.88. The van der Waals surface area contributed by atoms with Crippen LogP contribution in [0.4, 0.5) is 0 Å². The first-order valence-corrected chi connectivity index (χ1v) is 5.94. The molecule has 2 aromatic rings. The Labute approximate surface area is 110 Å². The van der Waals surface area contributed by atoms with E-state index in [0.717, 1.165) is 5.56 Å². The van der Waals surface area contributed by atoms with Crippen molar-refractivity contribution in [1.29, 1.82) is 0 Å². The van der Waals surface area contributed by atoms with E-state index in [1.165, 1.54) is 6.20 Å². The molecule has 0 aliphatic rings. The maximum atomic E-state index is 12.0. The molecule has 0 saturated carbocycles. The Morgan fingerprint density at radius 1 is 1.33 bits per heavy atom. The molecule has 0 radical (unpaired) electrons. The van der Waals surface area contributed by atoms with Crippen molar-refractivity contribution in [3.8, 4) is 0 Å². The number of halogens is 1. The Balaban J connectivity index is 2.16. The van der Waals surface area contributed by atoms with Crippen LogP contribution in [0.3, 0.4) is 0 Å². The van der Waals surface area contributed by atoms with Crippen molar-refractivity contribution in [2.45, 2.75) is 19.4 Å². The number of nitrogens with one attached hydrogen (secondary N) is 2. The molecule has 0 unspecified atom stereocenters. The van der Waals surface area contributed by atoms with Crippen LogP contribution in [0.25, 0.3) is 0 Å². The summed E-state index contributed by atoms with van der Waals surface area (Å²) in [6.07, 6.45) is 3.06. The van der Waals surface area contributed by atoms with Crippen LogP contribution in [0.15, 0.2) is 36.7 Å². The van der Waals surface area contributed by atoms with Gasteiger partial charge in [0.15, 0.2) is 0 Å². The third kappa shape index (κ3) is 2.71. The van der Waals surface area contributed by atoms with Crippen LogP contribution in [0.1, 0.15) is 29.8 Å². The summed E-state index contributed by atoms with van der Waals surface area (Å²) in [4.78, 5) is 12.0. The van der Waals surface area contributed by atoms with E-state index in [4.69, 9.17) is 11.6 Å². The second-order valence-electron chi connectivity index (χ2n) is 4.57. The van der Waals surface area contributed by atoms with Gasteiger partial charge in [-0.1, -0.05) is 23.7 Å². The number of nitrogens with zero attached hydrogens (tertiary/aromatic N) is 1. The van der Waals surface area contributed by atoms with E-state index in [0.29, 0.717) is 10.6 Å². The predicted octanol–water partition coefficient (Wildman–Crippen LogP) is 2.73. The van der Waals surface area contributed by atoms with Gasteiger partial charge in [-0.2, -0.15) is 5.10 Å². The predicted molar refractivity (Wildman–Crippen MR) is 70.5 cm³/mol. The molecule has 0 spiro atoms. The minimum absolute atomic E-state index is 0.163. The van der Waals surface area contributed by atoms with E-state index < -0.39 is 5.54 Å². The number of aromatic nitrogens is 2. The quantitative estimate of drug-likeness (QED) is 0.895. The van der Waals surface area contributed by atoms with Crippen molar-refractivity contribution in [2.75, 3.05) is 0 Å². The number of aromatic amines is 1. The molecule has 1 aromatic heterocycles. The van der Waals surface area contributed by atoms with Gasteiger partial charge in [-0.25, -0.2) is 0 Å². The maximum Gasteiger partial charge on any atom is 0.255 e. The van der Waals surface area contributed by atoms with Crippen molar-refractivity contribution in [3.05, 3.63) is 52.8 Å². The van der Waals surface area contributed by atoms with Crippen molar-refractivity contribution in [2.24, 2.45) is 0 Å². The molecule has 2 rings (SSSR count). The molecule has 0 bridgehead atoms. The zero-order chi connectivity index (χ0) is 13.2. The smallest absolute Gasteiger partial charge is 0.255 e. The zero-order valence-electron chi connectivity index (χ0n) is 10.2. The molecule has 94 valence electrons. The third-order valence-corrected chi connectivity index (χ3v) is 3.00. The lowest BCUT2D eigenvalue weighted by molar-refractivity contribution is 0.0912. The minimum Gasteiger partial charge on any atom is -0.343 e. The first-order chi connectivity index (χ1) is 8.49. The number of amides is 1. The lowest BCUT2D eigenvalue weighted by Gasteiger charge is -2.26. The van der Waals surface area contributed by atoms with Gasteiger partial charge in [0.1, 0.15) is 0 Å². The zero-order valence-corrected chi connectivity index (χ0v) is 11.0. The highest BCUT2D eigenvalue weighted by atomic mass is 35.5. The van der Waals surface area contributed by atoms with Crippen LogP contribution in [0, 0.1) is 0 Å². The average molecular weight is 264 g/mol. The second kappa shape index (κ2) is 4.82. The molecule has 0 saturated heterocycles. The van der Waals surface area contributed by atoms with Gasteiger partial charge >= 0.3 is 0 Å². The van der Waals surface area contributed by atoms with E-state index in [9.17, 15) is 4.79 Å². The highest BCUT2D eigenvalue weighted by molar-refractivity contribution is 6.30. The molecule has 18 heavy (non-hydrogen) atoms. The van der Waals surface area contributed by atoms with E-state index in [1.54, 1.807) is 6.20 Å². The number of H-pyrrole nitrogens is 1. The summed E-state index contributed by atoms with van der Waals surface area (Å²) in [6, 6.07) is 7.42. The van der Waals surface area contributed by atoms with Gasteiger partial charge in [0, 0.05) is 11.2 Å². The summed E-state index contributed by atoms with van der Waals surface area (Å²) in [7, 11) is 0. The van der Waals surface area contributed by atoms with Gasteiger partial charge < -0.3 is 5.32 Å². The van der Waals surface area contributed by atoms with E-state index >= 15 is 0 Å². The van der Waals surface area contributed by atoms with Crippen LogP contribution in [-0.4, -0.2) is 16.1 Å². The van der Waals surface area contributed by atoms with Gasteiger partial charge in [-0.05, 0) is 31.5 Å². The van der Waals surface area contributed by atoms with Crippen LogP contribution in [0.2, 0.25) is 5.02 Å². The van der Waals surface area contributed by atoms with Gasteiger partial charge in [0.25, 0.3) is 5.91 Å². The molecule has 0 aliphatic carbocycles. The van der Waals surface area contributed by atoms with Gasteiger partial charge in [0.2, 0.25) is 0 Å². The first kappa shape index (κ1) is 12.6. The molecular weight excluding hydrogens is 250 g/mol. The summed E-state index contributed by atoms with van der Waals surface area (Å²) < 4.78 is 0. The molecule has 0 atom stereocenters. The molecular formula is C13H14ClN3O. The maximum absolute atomic E-state index is 12.0. The standard InChI is InChI=1S/C13H14ClN3O/c1-13(2,10-3-5-11(14)6-4-10)17-12(18)9-7-15-16-8-9/h3-8H,1-2H3,(H,15,16)(H,17,18). The Bertz CT molecular complexity index is 532. The molecule has 0 aliphatic heterocycles. The fourth-order valence-corrected chi connectivity index (χ4v) is 1.80. The minimum atomic E-state index is -0.473. The Morgan fingerprint density at radius 3 is 2.56 bits per heavy atom. The number of carbonyl (C=O) groups is 1. The number of rotatable bonds is 3. The lowest BCUT2D eigenvalue weighted by atomic mass is 9.94. The molecule has 0 fully saturated rings. The van der Waals surface area contributed by atoms with Crippen LogP contribution in [0.5, 0.6) is 0 Å². The highest BCUT2D eigenvalue weighted by Crippen LogP contribution is 2.22. The fourth-order valence-electron chi connectivity index (χ4n) is 1.67. The number of hydrogen-bond donors (Lipinski definition) is 2. The SMILES string of the molecule is CC(C)(NC(=O)c1cn[nH]c1)c1ccc(Cl)cc1. The molecule has 1 heterocycles. The van der Waals surface area contributed by atoms with Crippen molar-refractivity contribution in [3.63, 3.8) is 0 Å². The third-order valence-electron chi connectivity index (χ3n) is 2.75. The molecule has 4 nitrogen and oxygen atoms in total. The Kier molecular flexibility index (Phi) is 3.39. The second-order valence-corrected chi connectivity index (χ2v) is 5.01. The number of carbonyl (C=O) groups excluding carboxylic acids is 1. The number of hydrogen-bond acceptors (Lipinski definition) is 2. The first-order valence-electron chi connectivity index (χ1n) is 5.56. The summed E-state index contributed by atoms with van der Waals surface area (Å²) in [5, 5.41) is 10.00. The van der Waals surface area contributed by atoms with Crippen LogP contribution >= 0.6 is 11.6 Å². The van der Waals surface area contributed by atoms with Crippen LogP contribution in [-0.2, 0) is 5.54 Å². The molecule has 2 N–H and O–H groups in total. The normalized spacial score (nSPS) is 11.3. The van der Waals surface area contributed by atoms with Crippen molar-refractivity contribution in [1.82, 2.24) is 15.5 Å². The monoisotopic (exact) mass is 263 g/mol. The highest BCUT2D eigenvalue weighted by Gasteiger charge is 2.23. The molecule has 1 aromatic carbocycles.